The third-order valence-corrected chi connectivity index (χ3v) is 5.88. The van der Waals surface area contributed by atoms with E-state index in [9.17, 15) is 0 Å². The fraction of sp³-hybridized carbons (Fsp3) is 0.545. The summed E-state index contributed by atoms with van der Waals surface area (Å²) in [5.41, 5.74) is 3.64. The first kappa shape index (κ1) is 17.7. The first-order chi connectivity index (χ1) is 13.6. The molecule has 2 aliphatic carbocycles. The highest BCUT2D eigenvalue weighted by atomic mass is 16.7. The van der Waals surface area contributed by atoms with Crippen LogP contribution in [0.4, 0.5) is 11.5 Å². The van der Waals surface area contributed by atoms with Crippen molar-refractivity contribution in [1.82, 2.24) is 15.0 Å². The molecule has 0 amide bonds. The lowest BCUT2D eigenvalue weighted by Crippen LogP contribution is -2.36. The van der Waals surface area contributed by atoms with Crippen molar-refractivity contribution < 1.29 is 9.47 Å². The van der Waals surface area contributed by atoms with Crippen LogP contribution in [-0.4, -0.2) is 41.5 Å². The number of hydrogen-bond acceptors (Lipinski definition) is 5. The van der Waals surface area contributed by atoms with Gasteiger partial charge in [0.15, 0.2) is 12.1 Å². The van der Waals surface area contributed by atoms with Crippen molar-refractivity contribution in [2.24, 2.45) is 11.3 Å². The third-order valence-electron chi connectivity index (χ3n) is 5.88. The number of hydrogen-bond donors (Lipinski definition) is 0. The SMILES string of the molecule is Cc1ccc(C#CC2CC2)cc1N(C)c1cn(CC2OCC3(CC3)CO2)nn1. The van der Waals surface area contributed by atoms with E-state index in [1.807, 2.05) is 13.2 Å². The molecule has 3 aliphatic rings. The molecule has 0 atom stereocenters. The summed E-state index contributed by atoms with van der Waals surface area (Å²) in [6.07, 6.45) is 6.63. The van der Waals surface area contributed by atoms with Crippen LogP contribution in [0.3, 0.4) is 0 Å². The molecule has 5 rings (SSSR count). The number of ether oxygens (including phenoxy) is 2. The highest BCUT2D eigenvalue weighted by molar-refractivity contribution is 5.64. The van der Waals surface area contributed by atoms with Crippen LogP contribution >= 0.6 is 0 Å². The van der Waals surface area contributed by atoms with Gasteiger partial charge in [-0.2, -0.15) is 0 Å². The molecule has 1 aromatic heterocycles. The van der Waals surface area contributed by atoms with E-state index in [0.717, 1.165) is 30.3 Å². The Morgan fingerprint density at radius 2 is 2.04 bits per heavy atom. The van der Waals surface area contributed by atoms with Crippen molar-refractivity contribution in [3.05, 3.63) is 35.5 Å². The summed E-state index contributed by atoms with van der Waals surface area (Å²) in [5, 5.41) is 8.61. The standard InChI is InChI=1S/C22H26N4O2/c1-16-3-4-18(8-7-17-5-6-17)11-19(16)25(2)20-12-26(24-23-20)13-21-27-14-22(9-10-22)15-28-21/h3-4,11-12,17,21H,5-6,9-10,13-15H2,1-2H3. The zero-order valence-corrected chi connectivity index (χ0v) is 16.5. The normalized spacial score (nSPS) is 20.6. The van der Waals surface area contributed by atoms with Gasteiger partial charge in [0.25, 0.3) is 0 Å². The van der Waals surface area contributed by atoms with Gasteiger partial charge >= 0.3 is 0 Å². The third kappa shape index (κ3) is 3.78. The zero-order valence-electron chi connectivity index (χ0n) is 16.5. The molecule has 3 fully saturated rings. The average molecular weight is 378 g/mol. The Balaban J connectivity index is 1.27. The van der Waals surface area contributed by atoms with E-state index in [0.29, 0.717) is 17.9 Å². The molecule has 1 saturated heterocycles. The van der Waals surface area contributed by atoms with E-state index < -0.39 is 0 Å². The lowest BCUT2D eigenvalue weighted by molar-refractivity contribution is -0.213. The Morgan fingerprint density at radius 3 is 2.75 bits per heavy atom. The summed E-state index contributed by atoms with van der Waals surface area (Å²) in [4.78, 5) is 2.06. The van der Waals surface area contributed by atoms with Gasteiger partial charge in [0.1, 0.15) is 0 Å². The van der Waals surface area contributed by atoms with Crippen LogP contribution in [-0.2, 0) is 16.0 Å². The molecule has 1 spiro atoms. The smallest absolute Gasteiger partial charge is 0.177 e. The molecule has 2 saturated carbocycles. The van der Waals surface area contributed by atoms with Crippen molar-refractivity contribution in [3.8, 4) is 11.8 Å². The molecule has 0 bridgehead atoms. The monoisotopic (exact) mass is 378 g/mol. The maximum atomic E-state index is 5.86. The second-order valence-corrected chi connectivity index (χ2v) is 8.45. The maximum Gasteiger partial charge on any atom is 0.177 e. The Hall–Kier alpha value is -2.36. The first-order valence-corrected chi connectivity index (χ1v) is 10.1. The van der Waals surface area contributed by atoms with Gasteiger partial charge in [0.2, 0.25) is 0 Å². The molecular formula is C22H26N4O2. The molecule has 6 nitrogen and oxygen atoms in total. The summed E-state index contributed by atoms with van der Waals surface area (Å²) in [7, 11) is 2.01. The Bertz CT molecular complexity index is 923. The lowest BCUT2D eigenvalue weighted by atomic mass is 10.1. The highest BCUT2D eigenvalue weighted by Gasteiger charge is 2.46. The van der Waals surface area contributed by atoms with Gasteiger partial charge in [-0.05, 0) is 50.3 Å². The van der Waals surface area contributed by atoms with Gasteiger partial charge < -0.3 is 14.4 Å². The minimum absolute atomic E-state index is 0.242. The molecule has 2 heterocycles. The predicted octanol–water partition coefficient (Wildman–Crippen LogP) is 3.27. The van der Waals surface area contributed by atoms with E-state index in [1.165, 1.54) is 31.2 Å². The largest absolute Gasteiger partial charge is 0.350 e. The van der Waals surface area contributed by atoms with E-state index in [-0.39, 0.29) is 6.29 Å². The van der Waals surface area contributed by atoms with E-state index in [1.54, 1.807) is 4.68 Å². The molecule has 0 N–H and O–H groups in total. The lowest BCUT2D eigenvalue weighted by Gasteiger charge is -2.29. The van der Waals surface area contributed by atoms with Gasteiger partial charge in [-0.1, -0.05) is 23.1 Å². The topological polar surface area (TPSA) is 52.4 Å². The quantitative estimate of drug-likeness (QED) is 0.765. The molecule has 6 heteroatoms. The second kappa shape index (κ2) is 6.91. The van der Waals surface area contributed by atoms with Gasteiger partial charge in [-0.15, -0.1) is 5.10 Å². The molecule has 0 radical (unpaired) electrons. The Labute approximate surface area is 165 Å². The minimum Gasteiger partial charge on any atom is -0.350 e. The molecule has 1 aromatic carbocycles. The van der Waals surface area contributed by atoms with Crippen LogP contribution in [0.15, 0.2) is 24.4 Å². The molecule has 2 aromatic rings. The molecule has 146 valence electrons. The van der Waals surface area contributed by atoms with Crippen molar-refractivity contribution in [2.45, 2.75) is 45.4 Å². The summed E-state index contributed by atoms with van der Waals surface area (Å²) in [6, 6.07) is 6.33. The van der Waals surface area contributed by atoms with Gasteiger partial charge in [-0.25, -0.2) is 4.68 Å². The van der Waals surface area contributed by atoms with Crippen LogP contribution in [0, 0.1) is 30.1 Å². The summed E-state index contributed by atoms with van der Waals surface area (Å²) in [6.45, 7) is 4.26. The van der Waals surface area contributed by atoms with E-state index >= 15 is 0 Å². The average Bonchev–Trinajstić information content (AvgIpc) is 3.63. The molecule has 28 heavy (non-hydrogen) atoms. The first-order valence-electron chi connectivity index (χ1n) is 10.1. The summed E-state index contributed by atoms with van der Waals surface area (Å²) < 4.78 is 13.5. The van der Waals surface area contributed by atoms with Crippen molar-refractivity contribution in [3.63, 3.8) is 0 Å². The van der Waals surface area contributed by atoms with Crippen LogP contribution < -0.4 is 4.90 Å². The second-order valence-electron chi connectivity index (χ2n) is 8.45. The molecular weight excluding hydrogens is 352 g/mol. The van der Waals surface area contributed by atoms with Crippen LogP contribution in [0.25, 0.3) is 0 Å². The number of aromatic nitrogens is 3. The number of aryl methyl sites for hydroxylation is 1. The number of rotatable bonds is 4. The minimum atomic E-state index is -0.242. The Morgan fingerprint density at radius 1 is 1.25 bits per heavy atom. The zero-order chi connectivity index (χ0) is 19.1. The number of nitrogens with zero attached hydrogens (tertiary/aromatic N) is 4. The van der Waals surface area contributed by atoms with Crippen LogP contribution in [0.2, 0.25) is 0 Å². The molecule has 1 aliphatic heterocycles. The van der Waals surface area contributed by atoms with Gasteiger partial charge in [0, 0.05) is 29.6 Å². The van der Waals surface area contributed by atoms with Crippen LogP contribution in [0.5, 0.6) is 0 Å². The number of anilines is 2. The van der Waals surface area contributed by atoms with Crippen LogP contribution in [0.1, 0.15) is 36.8 Å². The van der Waals surface area contributed by atoms with Crippen molar-refractivity contribution in [2.75, 3.05) is 25.2 Å². The molecule has 0 unspecified atom stereocenters. The van der Waals surface area contributed by atoms with Gasteiger partial charge in [-0.3, -0.25) is 0 Å². The fourth-order valence-corrected chi connectivity index (χ4v) is 3.47. The van der Waals surface area contributed by atoms with Crippen molar-refractivity contribution in [1.29, 1.82) is 0 Å². The highest BCUT2D eigenvalue weighted by Crippen LogP contribution is 2.48. The predicted molar refractivity (Wildman–Crippen MR) is 106 cm³/mol. The maximum absolute atomic E-state index is 5.86. The van der Waals surface area contributed by atoms with E-state index in [4.69, 9.17) is 9.47 Å². The van der Waals surface area contributed by atoms with E-state index in [2.05, 4.69) is 52.2 Å². The summed E-state index contributed by atoms with van der Waals surface area (Å²) in [5.74, 6) is 8.02. The Kier molecular flexibility index (Phi) is 4.37. The fourth-order valence-electron chi connectivity index (χ4n) is 3.47. The van der Waals surface area contributed by atoms with Crippen molar-refractivity contribution >= 4 is 11.5 Å². The van der Waals surface area contributed by atoms with Gasteiger partial charge in [0.05, 0.1) is 26.0 Å². The number of benzene rings is 1. The summed E-state index contributed by atoms with van der Waals surface area (Å²) >= 11 is 0.